The summed E-state index contributed by atoms with van der Waals surface area (Å²) in [4.78, 5) is 0. The molecule has 0 nitrogen and oxygen atoms in total. The highest BCUT2D eigenvalue weighted by molar-refractivity contribution is 14.1. The number of hydrogen-bond acceptors (Lipinski definition) is 0. The van der Waals surface area contributed by atoms with Crippen molar-refractivity contribution in [3.8, 4) is 0 Å². The largest absolute Gasteiger partial charge is 0.113 e. The predicted molar refractivity (Wildman–Crippen MR) is 92.1 cm³/mol. The molecule has 2 heteroatoms. The molecule has 1 atom stereocenters. The van der Waals surface area contributed by atoms with Gasteiger partial charge in [0.1, 0.15) is 0 Å². The van der Waals surface area contributed by atoms with E-state index in [0.29, 0.717) is 0 Å². The lowest BCUT2D eigenvalue weighted by Gasteiger charge is -2.16. The van der Waals surface area contributed by atoms with Gasteiger partial charge < -0.3 is 0 Å². The van der Waals surface area contributed by atoms with E-state index in [1.165, 1.54) is 25.8 Å². The van der Waals surface area contributed by atoms with Gasteiger partial charge in [-0.15, -0.1) is 11.6 Å². The van der Waals surface area contributed by atoms with Gasteiger partial charge in [0.05, 0.1) is 5.38 Å². The van der Waals surface area contributed by atoms with Crippen LogP contribution in [0.25, 0.3) is 0 Å². The fourth-order valence-corrected chi connectivity index (χ4v) is 2.94. The van der Waals surface area contributed by atoms with Crippen molar-refractivity contribution >= 4 is 34.2 Å². The lowest BCUT2D eigenvalue weighted by molar-refractivity contribution is 1.02. The topological polar surface area (TPSA) is 0 Å². The normalized spacial score (nSPS) is 12.4. The van der Waals surface area contributed by atoms with E-state index in [9.17, 15) is 0 Å². The van der Waals surface area contributed by atoms with Gasteiger partial charge in [-0.3, -0.25) is 0 Å². The van der Waals surface area contributed by atoms with Crippen LogP contribution < -0.4 is 0 Å². The van der Waals surface area contributed by atoms with Gasteiger partial charge in [0.25, 0.3) is 0 Å². The smallest absolute Gasteiger partial charge is 0.0838 e. The van der Waals surface area contributed by atoms with Gasteiger partial charge in [0.2, 0.25) is 0 Å². The Kier molecular flexibility index (Phi) is 5.28. The number of aryl methyl sites for hydroxylation is 2. The molecule has 0 aliphatic rings. The van der Waals surface area contributed by atoms with E-state index < -0.39 is 0 Å². The lowest BCUT2D eigenvalue weighted by Crippen LogP contribution is -2.00. The molecule has 0 spiro atoms. The third kappa shape index (κ3) is 3.51. The van der Waals surface area contributed by atoms with Crippen molar-refractivity contribution in [3.63, 3.8) is 0 Å². The minimum Gasteiger partial charge on any atom is -0.113 e. The van der Waals surface area contributed by atoms with Crippen LogP contribution in [0, 0.1) is 3.57 Å². The summed E-state index contributed by atoms with van der Waals surface area (Å²) in [5, 5.41) is -0.0570. The van der Waals surface area contributed by atoms with Crippen LogP contribution in [0.2, 0.25) is 0 Å². The van der Waals surface area contributed by atoms with E-state index in [2.05, 4.69) is 78.9 Å². The van der Waals surface area contributed by atoms with E-state index in [1.54, 1.807) is 0 Å². The number of alkyl halides is 1. The van der Waals surface area contributed by atoms with Crippen molar-refractivity contribution in [1.82, 2.24) is 0 Å². The van der Waals surface area contributed by atoms with E-state index in [4.69, 9.17) is 11.6 Å². The molecule has 0 aromatic heterocycles. The summed E-state index contributed by atoms with van der Waals surface area (Å²) >= 11 is 9.01. The van der Waals surface area contributed by atoms with Crippen LogP contribution in [0.4, 0.5) is 0 Å². The second-order valence-corrected chi connectivity index (χ2v) is 6.34. The summed E-state index contributed by atoms with van der Waals surface area (Å²) in [6, 6.07) is 15.2. The first kappa shape index (κ1) is 14.9. The van der Waals surface area contributed by atoms with Crippen LogP contribution in [-0.2, 0) is 12.8 Å². The second-order valence-electron chi connectivity index (χ2n) is 4.65. The van der Waals surface area contributed by atoms with E-state index >= 15 is 0 Å². The van der Waals surface area contributed by atoms with E-state index in [1.807, 2.05) is 0 Å². The first-order valence-corrected chi connectivity index (χ1v) is 8.18. The number of rotatable bonds is 4. The Balaban J connectivity index is 2.41. The quantitative estimate of drug-likeness (QED) is 0.465. The van der Waals surface area contributed by atoms with Crippen LogP contribution in [-0.4, -0.2) is 0 Å². The van der Waals surface area contributed by atoms with E-state index in [0.717, 1.165) is 12.8 Å². The Bertz CT molecular complexity index is 546. The molecule has 0 aliphatic carbocycles. The molecule has 0 N–H and O–H groups in total. The molecule has 0 bridgehead atoms. The Morgan fingerprint density at radius 2 is 1.68 bits per heavy atom. The zero-order chi connectivity index (χ0) is 13.8. The Morgan fingerprint density at radius 1 is 1.00 bits per heavy atom. The van der Waals surface area contributed by atoms with Gasteiger partial charge in [-0.05, 0) is 69.8 Å². The molecule has 0 fully saturated rings. The molecule has 0 saturated heterocycles. The average Bonchev–Trinajstić information content (AvgIpc) is 2.46. The number of halogens is 2. The van der Waals surface area contributed by atoms with Gasteiger partial charge in [-0.25, -0.2) is 0 Å². The molecular formula is C17H18ClI. The third-order valence-electron chi connectivity index (χ3n) is 3.44. The molecule has 0 radical (unpaired) electrons. The maximum absolute atomic E-state index is 6.69. The standard InChI is InChI=1S/C17H18ClI/c1-3-12-5-6-13(4-2)16(11-12)17(18)14-7-9-15(19)10-8-14/h5-11,17H,3-4H2,1-2H3. The highest BCUT2D eigenvalue weighted by Crippen LogP contribution is 2.32. The summed E-state index contributed by atoms with van der Waals surface area (Å²) in [5.41, 5.74) is 5.12. The number of hydrogen-bond donors (Lipinski definition) is 0. The van der Waals surface area contributed by atoms with Crippen molar-refractivity contribution in [2.75, 3.05) is 0 Å². The van der Waals surface area contributed by atoms with Crippen LogP contribution in [0.3, 0.4) is 0 Å². The minimum absolute atomic E-state index is 0.0570. The third-order valence-corrected chi connectivity index (χ3v) is 4.64. The molecule has 0 saturated carbocycles. The fourth-order valence-electron chi connectivity index (χ4n) is 2.23. The molecule has 19 heavy (non-hydrogen) atoms. The van der Waals surface area contributed by atoms with Gasteiger partial charge in [-0.2, -0.15) is 0 Å². The predicted octanol–water partition coefficient (Wildman–Crippen LogP) is 5.74. The van der Waals surface area contributed by atoms with Crippen molar-refractivity contribution in [2.24, 2.45) is 0 Å². The zero-order valence-corrected chi connectivity index (χ0v) is 14.2. The molecule has 2 aromatic rings. The Labute approximate surface area is 134 Å². The molecular weight excluding hydrogens is 367 g/mol. The minimum atomic E-state index is -0.0570. The monoisotopic (exact) mass is 384 g/mol. The van der Waals surface area contributed by atoms with Crippen molar-refractivity contribution in [3.05, 3.63) is 68.3 Å². The molecule has 0 aliphatic heterocycles. The Morgan fingerprint density at radius 3 is 2.26 bits per heavy atom. The van der Waals surface area contributed by atoms with E-state index in [-0.39, 0.29) is 5.38 Å². The molecule has 2 rings (SSSR count). The molecule has 2 aromatic carbocycles. The first-order valence-electron chi connectivity index (χ1n) is 6.67. The first-order chi connectivity index (χ1) is 9.15. The average molecular weight is 385 g/mol. The summed E-state index contributed by atoms with van der Waals surface area (Å²) < 4.78 is 1.24. The highest BCUT2D eigenvalue weighted by atomic mass is 127. The maximum atomic E-state index is 6.69. The molecule has 1 unspecified atom stereocenters. The van der Waals surface area contributed by atoms with Crippen LogP contribution in [0.1, 0.15) is 41.5 Å². The van der Waals surface area contributed by atoms with Crippen LogP contribution in [0.5, 0.6) is 0 Å². The van der Waals surface area contributed by atoms with Gasteiger partial charge in [-0.1, -0.05) is 44.2 Å². The lowest BCUT2D eigenvalue weighted by atomic mass is 9.95. The SMILES string of the molecule is CCc1ccc(CC)c(C(Cl)c2ccc(I)cc2)c1. The fraction of sp³-hybridized carbons (Fsp3) is 0.294. The summed E-state index contributed by atoms with van der Waals surface area (Å²) in [6.45, 7) is 4.36. The van der Waals surface area contributed by atoms with Crippen LogP contribution in [0.15, 0.2) is 42.5 Å². The van der Waals surface area contributed by atoms with Gasteiger partial charge in [0, 0.05) is 3.57 Å². The summed E-state index contributed by atoms with van der Waals surface area (Å²) in [6.07, 6.45) is 2.07. The molecule has 100 valence electrons. The second kappa shape index (κ2) is 6.76. The van der Waals surface area contributed by atoms with Crippen molar-refractivity contribution in [2.45, 2.75) is 32.1 Å². The molecule has 0 heterocycles. The van der Waals surface area contributed by atoms with Gasteiger partial charge in [0.15, 0.2) is 0 Å². The van der Waals surface area contributed by atoms with Crippen molar-refractivity contribution < 1.29 is 0 Å². The highest BCUT2D eigenvalue weighted by Gasteiger charge is 2.14. The van der Waals surface area contributed by atoms with Crippen molar-refractivity contribution in [1.29, 1.82) is 0 Å². The van der Waals surface area contributed by atoms with Crippen LogP contribution >= 0.6 is 34.2 Å². The number of benzene rings is 2. The summed E-state index contributed by atoms with van der Waals surface area (Å²) in [5.74, 6) is 0. The maximum Gasteiger partial charge on any atom is 0.0838 e. The Hall–Kier alpha value is -0.540. The molecule has 0 amide bonds. The van der Waals surface area contributed by atoms with Gasteiger partial charge >= 0.3 is 0 Å². The zero-order valence-electron chi connectivity index (χ0n) is 11.3. The summed E-state index contributed by atoms with van der Waals surface area (Å²) in [7, 11) is 0.